The van der Waals surface area contributed by atoms with Gasteiger partial charge < -0.3 is 14.2 Å². The largest absolute Gasteiger partial charge is 0.497 e. The van der Waals surface area contributed by atoms with Gasteiger partial charge in [-0.2, -0.15) is 0 Å². The Balaban J connectivity index is 2.24. The summed E-state index contributed by atoms with van der Waals surface area (Å²) in [5, 5.41) is 0.312. The molecule has 0 aliphatic heterocycles. The third-order valence-electron chi connectivity index (χ3n) is 3.28. The van der Waals surface area contributed by atoms with E-state index in [4.69, 9.17) is 25.8 Å². The van der Waals surface area contributed by atoms with E-state index in [2.05, 4.69) is 0 Å². The highest BCUT2D eigenvalue weighted by Gasteiger charge is 2.14. The van der Waals surface area contributed by atoms with E-state index < -0.39 is 0 Å². The van der Waals surface area contributed by atoms with Crippen molar-refractivity contribution in [2.75, 3.05) is 21.3 Å². The lowest BCUT2D eigenvalue weighted by atomic mass is 10.1. The second-order valence-corrected chi connectivity index (χ2v) is 5.06. The molecule has 0 saturated carbocycles. The average molecular weight is 333 g/mol. The van der Waals surface area contributed by atoms with Crippen LogP contribution in [0.3, 0.4) is 0 Å². The topological polar surface area (TPSA) is 44.8 Å². The molecule has 120 valence electrons. The Morgan fingerprint density at radius 2 is 1.57 bits per heavy atom. The van der Waals surface area contributed by atoms with Crippen LogP contribution in [0.5, 0.6) is 17.2 Å². The maximum absolute atomic E-state index is 12.3. The smallest absolute Gasteiger partial charge is 0.187 e. The molecule has 4 nitrogen and oxygen atoms in total. The standard InChI is InChI=1S/C18H17ClO4/c1-21-13-7-4-12(5-8-13)6-9-16(20)14-10-17(22-2)18(23-3)11-15(14)19/h4-11H,1-3H3. The maximum Gasteiger partial charge on any atom is 0.187 e. The lowest BCUT2D eigenvalue weighted by Gasteiger charge is -2.10. The molecule has 0 heterocycles. The Morgan fingerprint density at radius 1 is 0.957 bits per heavy atom. The normalized spacial score (nSPS) is 10.6. The Bertz CT molecular complexity index is 721. The van der Waals surface area contributed by atoms with Crippen molar-refractivity contribution in [3.8, 4) is 17.2 Å². The van der Waals surface area contributed by atoms with E-state index in [0.717, 1.165) is 11.3 Å². The third kappa shape index (κ3) is 4.05. The molecule has 0 spiro atoms. The van der Waals surface area contributed by atoms with Crippen LogP contribution in [0.15, 0.2) is 42.5 Å². The van der Waals surface area contributed by atoms with E-state index in [1.807, 2.05) is 24.3 Å². The molecule has 0 unspecified atom stereocenters. The van der Waals surface area contributed by atoms with Crippen molar-refractivity contribution in [3.05, 3.63) is 58.6 Å². The number of hydrogen-bond acceptors (Lipinski definition) is 4. The van der Waals surface area contributed by atoms with Gasteiger partial charge in [-0.15, -0.1) is 0 Å². The van der Waals surface area contributed by atoms with E-state index in [9.17, 15) is 4.79 Å². The molecule has 2 aromatic rings. The Hall–Kier alpha value is -2.46. The fourth-order valence-electron chi connectivity index (χ4n) is 2.02. The molecule has 2 rings (SSSR count). The third-order valence-corrected chi connectivity index (χ3v) is 3.59. The summed E-state index contributed by atoms with van der Waals surface area (Å²) >= 11 is 6.15. The first kappa shape index (κ1) is 16.9. The van der Waals surface area contributed by atoms with Gasteiger partial charge in [0.05, 0.1) is 26.4 Å². The molecular formula is C18H17ClO4. The van der Waals surface area contributed by atoms with Crippen LogP contribution in [0.2, 0.25) is 5.02 Å². The van der Waals surface area contributed by atoms with E-state index in [1.54, 1.807) is 25.3 Å². The zero-order valence-electron chi connectivity index (χ0n) is 13.1. The molecule has 0 N–H and O–H groups in total. The van der Waals surface area contributed by atoms with Crippen LogP contribution < -0.4 is 14.2 Å². The van der Waals surface area contributed by atoms with Gasteiger partial charge in [-0.3, -0.25) is 4.79 Å². The predicted octanol–water partition coefficient (Wildman–Crippen LogP) is 4.26. The first-order chi connectivity index (χ1) is 11.1. The second kappa shape index (κ2) is 7.70. The van der Waals surface area contributed by atoms with E-state index >= 15 is 0 Å². The number of halogens is 1. The fraction of sp³-hybridized carbons (Fsp3) is 0.167. The highest BCUT2D eigenvalue weighted by atomic mass is 35.5. The van der Waals surface area contributed by atoms with Gasteiger partial charge in [0, 0.05) is 11.6 Å². The van der Waals surface area contributed by atoms with Gasteiger partial charge in [-0.05, 0) is 29.8 Å². The highest BCUT2D eigenvalue weighted by Crippen LogP contribution is 2.33. The summed E-state index contributed by atoms with van der Waals surface area (Å²) in [5.41, 5.74) is 1.24. The lowest BCUT2D eigenvalue weighted by molar-refractivity contribution is 0.104. The van der Waals surface area contributed by atoms with Gasteiger partial charge >= 0.3 is 0 Å². The van der Waals surface area contributed by atoms with Crippen LogP contribution in [0.25, 0.3) is 6.08 Å². The number of hydrogen-bond donors (Lipinski definition) is 0. The molecule has 0 fully saturated rings. The quantitative estimate of drug-likeness (QED) is 0.585. The van der Waals surface area contributed by atoms with Crippen molar-refractivity contribution in [1.29, 1.82) is 0 Å². The van der Waals surface area contributed by atoms with Gasteiger partial charge in [-0.25, -0.2) is 0 Å². The molecule has 2 aromatic carbocycles. The number of benzene rings is 2. The minimum atomic E-state index is -0.216. The molecule has 0 bridgehead atoms. The monoisotopic (exact) mass is 332 g/mol. The van der Waals surface area contributed by atoms with Crippen LogP contribution >= 0.6 is 11.6 Å². The van der Waals surface area contributed by atoms with Gasteiger partial charge in [0.2, 0.25) is 0 Å². The van der Waals surface area contributed by atoms with Crippen molar-refractivity contribution >= 4 is 23.5 Å². The molecule has 0 aliphatic rings. The van der Waals surface area contributed by atoms with E-state index in [1.165, 1.54) is 20.3 Å². The van der Waals surface area contributed by atoms with Crippen molar-refractivity contribution in [1.82, 2.24) is 0 Å². The molecular weight excluding hydrogens is 316 g/mol. The summed E-state index contributed by atoms with van der Waals surface area (Å²) in [6.07, 6.45) is 3.18. The minimum absolute atomic E-state index is 0.216. The van der Waals surface area contributed by atoms with Crippen molar-refractivity contribution in [3.63, 3.8) is 0 Å². The zero-order valence-corrected chi connectivity index (χ0v) is 13.9. The summed E-state index contributed by atoms with van der Waals surface area (Å²) in [4.78, 5) is 12.3. The van der Waals surface area contributed by atoms with Crippen molar-refractivity contribution < 1.29 is 19.0 Å². The summed E-state index contributed by atoms with van der Waals surface area (Å²) in [5.74, 6) is 1.48. The molecule has 0 saturated heterocycles. The molecule has 0 atom stereocenters. The summed E-state index contributed by atoms with van der Waals surface area (Å²) < 4.78 is 15.4. The van der Waals surface area contributed by atoms with Gasteiger partial charge in [0.1, 0.15) is 5.75 Å². The van der Waals surface area contributed by atoms with Gasteiger partial charge in [0.15, 0.2) is 17.3 Å². The number of ketones is 1. The summed E-state index contributed by atoms with van der Waals surface area (Å²) in [6.45, 7) is 0. The summed E-state index contributed by atoms with van der Waals surface area (Å²) in [6, 6.07) is 10.5. The van der Waals surface area contributed by atoms with Crippen molar-refractivity contribution in [2.45, 2.75) is 0 Å². The van der Waals surface area contributed by atoms with Crippen LogP contribution in [-0.2, 0) is 0 Å². The molecule has 0 aromatic heterocycles. The minimum Gasteiger partial charge on any atom is -0.497 e. The first-order valence-electron chi connectivity index (χ1n) is 6.87. The molecule has 0 amide bonds. The number of ether oxygens (including phenoxy) is 3. The SMILES string of the molecule is COc1ccc(C=CC(=O)c2cc(OC)c(OC)cc2Cl)cc1. The zero-order chi connectivity index (χ0) is 16.8. The molecule has 0 radical (unpaired) electrons. The van der Waals surface area contributed by atoms with Gasteiger partial charge in [-0.1, -0.05) is 29.8 Å². The molecule has 0 aliphatic carbocycles. The predicted molar refractivity (Wildman–Crippen MR) is 90.9 cm³/mol. The highest BCUT2D eigenvalue weighted by molar-refractivity contribution is 6.35. The Labute approximate surface area is 140 Å². The summed E-state index contributed by atoms with van der Waals surface area (Å²) in [7, 11) is 4.62. The van der Waals surface area contributed by atoms with Gasteiger partial charge in [0.25, 0.3) is 0 Å². The molecule has 23 heavy (non-hydrogen) atoms. The fourth-order valence-corrected chi connectivity index (χ4v) is 2.27. The lowest BCUT2D eigenvalue weighted by Crippen LogP contribution is -1.99. The van der Waals surface area contributed by atoms with Crippen LogP contribution in [0.1, 0.15) is 15.9 Å². The maximum atomic E-state index is 12.3. The number of carbonyl (C=O) groups is 1. The Kier molecular flexibility index (Phi) is 5.66. The van der Waals surface area contributed by atoms with E-state index in [0.29, 0.717) is 22.1 Å². The number of carbonyl (C=O) groups excluding carboxylic acids is 1. The second-order valence-electron chi connectivity index (χ2n) is 4.66. The average Bonchev–Trinajstić information content (AvgIpc) is 2.59. The van der Waals surface area contributed by atoms with Crippen LogP contribution in [0, 0.1) is 0 Å². The molecule has 5 heteroatoms. The number of allylic oxidation sites excluding steroid dienone is 1. The first-order valence-corrected chi connectivity index (χ1v) is 7.24. The van der Waals surface area contributed by atoms with Crippen molar-refractivity contribution in [2.24, 2.45) is 0 Å². The Morgan fingerprint density at radius 3 is 2.13 bits per heavy atom. The van der Waals surface area contributed by atoms with E-state index in [-0.39, 0.29) is 5.78 Å². The number of rotatable bonds is 6. The van der Waals surface area contributed by atoms with Crippen LogP contribution in [-0.4, -0.2) is 27.1 Å². The van der Waals surface area contributed by atoms with Crippen LogP contribution in [0.4, 0.5) is 0 Å². The number of methoxy groups -OCH3 is 3.